The molecule has 0 N–H and O–H groups in total. The molecular weight excluding hydrogens is 120 g/mol. The lowest BCUT2D eigenvalue weighted by molar-refractivity contribution is 0.976. The molecule has 10 heavy (non-hydrogen) atoms. The van der Waals surface area contributed by atoms with Gasteiger partial charge in [0.05, 0.1) is 0 Å². The molecule has 1 radical (unpaired) electrons. The van der Waals surface area contributed by atoms with Gasteiger partial charge in [-0.15, -0.1) is 6.58 Å². The molecule has 0 spiro atoms. The summed E-state index contributed by atoms with van der Waals surface area (Å²) in [4.78, 5) is 0. The maximum Gasteiger partial charge on any atom is -0.0291 e. The molecule has 0 rings (SSSR count). The van der Waals surface area contributed by atoms with Gasteiger partial charge in [0.15, 0.2) is 0 Å². The maximum absolute atomic E-state index is 3.83. The van der Waals surface area contributed by atoms with Crippen molar-refractivity contribution in [1.29, 1.82) is 0 Å². The summed E-state index contributed by atoms with van der Waals surface area (Å²) >= 11 is 0. The molecule has 0 aromatic carbocycles. The van der Waals surface area contributed by atoms with Crippen molar-refractivity contribution in [2.45, 2.75) is 33.1 Å². The first kappa shape index (κ1) is 9.48. The van der Waals surface area contributed by atoms with Crippen molar-refractivity contribution in [1.82, 2.24) is 0 Å². The van der Waals surface area contributed by atoms with E-state index in [1.807, 2.05) is 0 Å². The van der Waals surface area contributed by atoms with Crippen LogP contribution in [0.1, 0.15) is 33.1 Å². The Morgan fingerprint density at radius 3 is 2.60 bits per heavy atom. The average Bonchev–Trinajstić information content (AvgIpc) is 1.87. The molecule has 57 valence electrons. The molecule has 0 heteroatoms. The molecule has 0 aliphatic carbocycles. The highest BCUT2D eigenvalue weighted by molar-refractivity contribution is 4.93. The van der Waals surface area contributed by atoms with Crippen LogP contribution in [0.15, 0.2) is 24.3 Å². The Labute approximate surface area is 64.6 Å². The highest BCUT2D eigenvalue weighted by Crippen LogP contribution is 2.01. The third kappa shape index (κ3) is 7.48. The Morgan fingerprint density at radius 2 is 2.10 bits per heavy atom. The molecule has 0 bridgehead atoms. The topological polar surface area (TPSA) is 0 Å². The normalized spacial score (nSPS) is 10.6. The molecule has 0 aliphatic heterocycles. The van der Waals surface area contributed by atoms with Crippen molar-refractivity contribution in [2.75, 3.05) is 0 Å². The third-order valence-corrected chi connectivity index (χ3v) is 1.28. The molecule has 0 aromatic rings. The van der Waals surface area contributed by atoms with Gasteiger partial charge in [0.25, 0.3) is 0 Å². The van der Waals surface area contributed by atoms with E-state index in [1.165, 1.54) is 5.57 Å². The van der Waals surface area contributed by atoms with E-state index in [9.17, 15) is 0 Å². The monoisotopic (exact) mass is 137 g/mol. The summed E-state index contributed by atoms with van der Waals surface area (Å²) in [5, 5.41) is 0. The molecule has 0 heterocycles. The van der Waals surface area contributed by atoms with Gasteiger partial charge in [-0.3, -0.25) is 0 Å². The predicted octanol–water partition coefficient (Wildman–Crippen LogP) is 3.51. The average molecular weight is 137 g/mol. The van der Waals surface area contributed by atoms with Crippen LogP contribution >= 0.6 is 0 Å². The summed E-state index contributed by atoms with van der Waals surface area (Å²) in [5.74, 6) is 0. The van der Waals surface area contributed by atoms with E-state index in [0.29, 0.717) is 0 Å². The Hall–Kier alpha value is -0.520. The number of unbranched alkanes of at least 4 members (excludes halogenated alkanes) is 1. The second-order valence-electron chi connectivity index (χ2n) is 2.61. The van der Waals surface area contributed by atoms with Gasteiger partial charge in [0.2, 0.25) is 0 Å². The van der Waals surface area contributed by atoms with Crippen LogP contribution in [0.4, 0.5) is 0 Å². The van der Waals surface area contributed by atoms with Crippen LogP contribution in [0, 0.1) is 6.42 Å². The van der Waals surface area contributed by atoms with Crippen LogP contribution in [0.3, 0.4) is 0 Å². The van der Waals surface area contributed by atoms with Gasteiger partial charge in [-0.1, -0.05) is 24.6 Å². The fraction of sp³-hybridized carbons (Fsp3) is 0.500. The number of hydrogen-bond donors (Lipinski definition) is 0. The van der Waals surface area contributed by atoms with Crippen LogP contribution in [0.5, 0.6) is 0 Å². The Bertz CT molecular complexity index is 109. The predicted molar refractivity (Wildman–Crippen MR) is 47.8 cm³/mol. The van der Waals surface area contributed by atoms with E-state index in [-0.39, 0.29) is 0 Å². The van der Waals surface area contributed by atoms with E-state index in [1.54, 1.807) is 0 Å². The van der Waals surface area contributed by atoms with E-state index in [4.69, 9.17) is 0 Å². The molecule has 0 fully saturated rings. The van der Waals surface area contributed by atoms with Gasteiger partial charge in [-0.25, -0.2) is 0 Å². The van der Waals surface area contributed by atoms with Crippen LogP contribution in [0.25, 0.3) is 0 Å². The lowest BCUT2D eigenvalue weighted by Crippen LogP contribution is -1.71. The van der Waals surface area contributed by atoms with Crippen molar-refractivity contribution in [3.63, 3.8) is 0 Å². The van der Waals surface area contributed by atoms with Gasteiger partial charge in [-0.05, 0) is 32.6 Å². The smallest absolute Gasteiger partial charge is 0.0291 e. The second-order valence-corrected chi connectivity index (χ2v) is 2.61. The molecule has 0 aromatic heterocycles. The maximum atomic E-state index is 3.83. The zero-order valence-electron chi connectivity index (χ0n) is 7.06. The first-order valence-electron chi connectivity index (χ1n) is 3.84. The molecule has 0 aliphatic rings. The molecule has 0 saturated carbocycles. The SMILES string of the molecule is C=C(C)CCC=CC[CH]C. The van der Waals surface area contributed by atoms with Crippen LogP contribution in [-0.2, 0) is 0 Å². The minimum absolute atomic E-state index is 1.09. The third-order valence-electron chi connectivity index (χ3n) is 1.28. The summed E-state index contributed by atoms with van der Waals surface area (Å²) in [6.45, 7) is 7.97. The molecule has 0 saturated heterocycles. The van der Waals surface area contributed by atoms with E-state index < -0.39 is 0 Å². The largest absolute Gasteiger partial charge is 0.100 e. The van der Waals surface area contributed by atoms with E-state index in [2.05, 4.69) is 39.0 Å². The number of hydrogen-bond acceptors (Lipinski definition) is 0. The fourth-order valence-corrected chi connectivity index (χ4v) is 0.680. The minimum atomic E-state index is 1.09. The lowest BCUT2D eigenvalue weighted by Gasteiger charge is -1.91. The second kappa shape index (κ2) is 6.60. The molecular formula is C10H17. The Kier molecular flexibility index (Phi) is 6.25. The van der Waals surface area contributed by atoms with Crippen molar-refractivity contribution in [3.05, 3.63) is 30.7 Å². The summed E-state index contributed by atoms with van der Waals surface area (Å²) in [7, 11) is 0. The Balaban J connectivity index is 3.10. The fourth-order valence-electron chi connectivity index (χ4n) is 0.680. The summed E-state index contributed by atoms with van der Waals surface area (Å²) < 4.78 is 0. The minimum Gasteiger partial charge on any atom is -0.100 e. The van der Waals surface area contributed by atoms with Gasteiger partial charge in [0.1, 0.15) is 0 Å². The van der Waals surface area contributed by atoms with Crippen LogP contribution in [-0.4, -0.2) is 0 Å². The first-order chi connectivity index (χ1) is 4.77. The highest BCUT2D eigenvalue weighted by Gasteiger charge is 1.81. The summed E-state index contributed by atoms with van der Waals surface area (Å²) in [6, 6.07) is 0. The van der Waals surface area contributed by atoms with Gasteiger partial charge in [-0.2, -0.15) is 0 Å². The van der Waals surface area contributed by atoms with Crippen molar-refractivity contribution in [2.24, 2.45) is 0 Å². The highest BCUT2D eigenvalue weighted by atomic mass is 13.9. The van der Waals surface area contributed by atoms with Gasteiger partial charge in [0, 0.05) is 0 Å². The van der Waals surface area contributed by atoms with Crippen LogP contribution < -0.4 is 0 Å². The quantitative estimate of drug-likeness (QED) is 0.509. The standard InChI is InChI=1S/C10H17/c1-4-5-6-7-8-9-10(2)3/h4,6-7H,2,5,8-9H2,1,3H3. The number of allylic oxidation sites excluding steroid dienone is 3. The van der Waals surface area contributed by atoms with Crippen LogP contribution in [0.2, 0.25) is 0 Å². The van der Waals surface area contributed by atoms with Crippen molar-refractivity contribution in [3.8, 4) is 0 Å². The molecule has 0 nitrogen and oxygen atoms in total. The number of rotatable bonds is 5. The molecule has 0 atom stereocenters. The van der Waals surface area contributed by atoms with Gasteiger partial charge < -0.3 is 0 Å². The van der Waals surface area contributed by atoms with E-state index in [0.717, 1.165) is 19.3 Å². The van der Waals surface area contributed by atoms with E-state index >= 15 is 0 Å². The zero-order valence-corrected chi connectivity index (χ0v) is 7.06. The first-order valence-corrected chi connectivity index (χ1v) is 3.84. The summed E-state index contributed by atoms with van der Waals surface area (Å²) in [5.41, 5.74) is 1.27. The Morgan fingerprint density at radius 1 is 1.40 bits per heavy atom. The van der Waals surface area contributed by atoms with Crippen molar-refractivity contribution >= 4 is 0 Å². The zero-order chi connectivity index (χ0) is 7.82. The van der Waals surface area contributed by atoms with Crippen molar-refractivity contribution < 1.29 is 0 Å². The molecule has 0 unspecified atom stereocenters. The molecule has 0 amide bonds. The lowest BCUT2D eigenvalue weighted by atomic mass is 10.2. The van der Waals surface area contributed by atoms with Gasteiger partial charge >= 0.3 is 0 Å². The summed E-state index contributed by atoms with van der Waals surface area (Å²) in [6.07, 6.45) is 9.93.